The highest BCUT2D eigenvalue weighted by molar-refractivity contribution is 5.87. The van der Waals surface area contributed by atoms with Crippen molar-refractivity contribution < 1.29 is 9.53 Å². The molecule has 0 radical (unpaired) electrons. The van der Waals surface area contributed by atoms with E-state index in [4.69, 9.17) is 4.74 Å². The maximum Gasteiger partial charge on any atom is 0.356 e. The average Bonchev–Trinajstić information content (AvgIpc) is 2.49. The normalized spacial score (nSPS) is 8.93. The van der Waals surface area contributed by atoms with Gasteiger partial charge in [0.15, 0.2) is 0 Å². The average molecular weight is 198 g/mol. The van der Waals surface area contributed by atoms with Crippen molar-refractivity contribution in [2.24, 2.45) is 7.05 Å². The summed E-state index contributed by atoms with van der Waals surface area (Å²) in [4.78, 5) is 11.2. The molecule has 0 N–H and O–H groups in total. The van der Waals surface area contributed by atoms with Crippen LogP contribution in [0.2, 0.25) is 0 Å². The van der Waals surface area contributed by atoms with Crippen LogP contribution in [0.5, 0.6) is 0 Å². The number of hydrogen-bond donors (Lipinski definition) is 0. The van der Waals surface area contributed by atoms with E-state index in [1.807, 2.05) is 20.8 Å². The zero-order valence-electron chi connectivity index (χ0n) is 9.50. The highest BCUT2D eigenvalue weighted by Crippen LogP contribution is 2.03. The number of rotatable bonds is 2. The third-order valence-corrected chi connectivity index (χ3v) is 1.49. The van der Waals surface area contributed by atoms with Gasteiger partial charge in [0.25, 0.3) is 0 Å². The zero-order valence-corrected chi connectivity index (χ0v) is 9.50. The lowest BCUT2D eigenvalue weighted by Gasteiger charge is -2.00. The van der Waals surface area contributed by atoms with Crippen molar-refractivity contribution in [3.8, 4) is 0 Å². The molecule has 4 heteroatoms. The van der Waals surface area contributed by atoms with Crippen LogP contribution in [0.3, 0.4) is 0 Å². The van der Waals surface area contributed by atoms with Crippen LogP contribution in [-0.4, -0.2) is 22.4 Å². The van der Waals surface area contributed by atoms with E-state index < -0.39 is 0 Å². The van der Waals surface area contributed by atoms with Crippen LogP contribution < -0.4 is 0 Å². The molecule has 0 amide bonds. The van der Waals surface area contributed by atoms with E-state index in [2.05, 4.69) is 5.10 Å². The fourth-order valence-electron chi connectivity index (χ4n) is 1.01. The van der Waals surface area contributed by atoms with Crippen molar-refractivity contribution in [3.63, 3.8) is 0 Å². The smallest absolute Gasteiger partial charge is 0.356 e. The highest BCUT2D eigenvalue weighted by Gasteiger charge is 2.11. The molecular weight excluding hydrogens is 180 g/mol. The standard InChI is InChI=1S/C8H12N2O2.C2H6/c1-4-12-8(11)7-5-6(2)9-10(7)3;1-2/h5H,4H2,1-3H3;1-2H3. The molecular formula is C10H18N2O2. The molecule has 0 aliphatic rings. The van der Waals surface area contributed by atoms with Gasteiger partial charge in [0, 0.05) is 7.05 Å². The Morgan fingerprint density at radius 1 is 1.57 bits per heavy atom. The summed E-state index contributed by atoms with van der Waals surface area (Å²) >= 11 is 0. The molecule has 0 aliphatic carbocycles. The van der Waals surface area contributed by atoms with E-state index in [-0.39, 0.29) is 5.97 Å². The van der Waals surface area contributed by atoms with Gasteiger partial charge in [0.1, 0.15) is 5.69 Å². The lowest BCUT2D eigenvalue weighted by atomic mass is 10.4. The van der Waals surface area contributed by atoms with Crippen LogP contribution in [0.15, 0.2) is 6.07 Å². The number of carbonyl (C=O) groups excluding carboxylic acids is 1. The molecule has 0 bridgehead atoms. The Morgan fingerprint density at radius 3 is 2.50 bits per heavy atom. The lowest BCUT2D eigenvalue weighted by molar-refractivity contribution is 0.0513. The molecule has 1 aromatic rings. The number of aryl methyl sites for hydroxylation is 2. The molecule has 0 spiro atoms. The molecule has 0 fully saturated rings. The van der Waals surface area contributed by atoms with Gasteiger partial charge in [-0.05, 0) is 19.9 Å². The van der Waals surface area contributed by atoms with Crippen molar-refractivity contribution in [1.29, 1.82) is 0 Å². The second-order valence-electron chi connectivity index (χ2n) is 2.52. The summed E-state index contributed by atoms with van der Waals surface area (Å²) in [7, 11) is 1.72. The number of carbonyl (C=O) groups is 1. The zero-order chi connectivity index (χ0) is 11.1. The van der Waals surface area contributed by atoms with Crippen LogP contribution in [0.1, 0.15) is 37.0 Å². The first-order valence-electron chi connectivity index (χ1n) is 4.83. The minimum Gasteiger partial charge on any atom is -0.461 e. The number of esters is 1. The van der Waals surface area contributed by atoms with E-state index in [1.165, 1.54) is 4.68 Å². The summed E-state index contributed by atoms with van der Waals surface area (Å²) in [5.41, 5.74) is 1.31. The molecule has 0 aromatic carbocycles. The Bertz CT molecular complexity index is 292. The van der Waals surface area contributed by atoms with Crippen LogP contribution in [-0.2, 0) is 11.8 Å². The summed E-state index contributed by atoms with van der Waals surface area (Å²) in [5, 5.41) is 4.03. The molecule has 0 unspecified atom stereocenters. The monoisotopic (exact) mass is 198 g/mol. The number of ether oxygens (including phenoxy) is 1. The molecule has 4 nitrogen and oxygen atoms in total. The SMILES string of the molecule is CC.CCOC(=O)c1cc(C)nn1C. The van der Waals surface area contributed by atoms with Crippen LogP contribution >= 0.6 is 0 Å². The quantitative estimate of drug-likeness (QED) is 0.682. The van der Waals surface area contributed by atoms with E-state index in [9.17, 15) is 4.79 Å². The predicted octanol–water partition coefficient (Wildman–Crippen LogP) is 1.93. The van der Waals surface area contributed by atoms with Gasteiger partial charge in [-0.2, -0.15) is 5.10 Å². The van der Waals surface area contributed by atoms with E-state index >= 15 is 0 Å². The third kappa shape index (κ3) is 3.20. The van der Waals surface area contributed by atoms with Gasteiger partial charge in [-0.25, -0.2) is 4.79 Å². The molecule has 0 atom stereocenters. The maximum atomic E-state index is 11.2. The first kappa shape index (κ1) is 12.7. The van der Waals surface area contributed by atoms with Gasteiger partial charge in [0.2, 0.25) is 0 Å². The first-order valence-corrected chi connectivity index (χ1v) is 4.83. The molecule has 0 saturated heterocycles. The van der Waals surface area contributed by atoms with Crippen molar-refractivity contribution in [2.45, 2.75) is 27.7 Å². The fraction of sp³-hybridized carbons (Fsp3) is 0.600. The summed E-state index contributed by atoms with van der Waals surface area (Å²) in [6, 6.07) is 1.71. The number of aromatic nitrogens is 2. The second-order valence-corrected chi connectivity index (χ2v) is 2.52. The maximum absolute atomic E-state index is 11.2. The van der Waals surface area contributed by atoms with Crippen LogP contribution in [0.4, 0.5) is 0 Å². The molecule has 0 aliphatic heterocycles. The number of hydrogen-bond acceptors (Lipinski definition) is 3. The van der Waals surface area contributed by atoms with Crippen molar-refractivity contribution in [1.82, 2.24) is 9.78 Å². The predicted molar refractivity (Wildman–Crippen MR) is 55.2 cm³/mol. The largest absolute Gasteiger partial charge is 0.461 e. The summed E-state index contributed by atoms with van der Waals surface area (Å²) in [6.45, 7) is 8.01. The van der Waals surface area contributed by atoms with Gasteiger partial charge < -0.3 is 4.74 Å². The van der Waals surface area contributed by atoms with Crippen molar-refractivity contribution in [2.75, 3.05) is 6.61 Å². The van der Waals surface area contributed by atoms with Crippen molar-refractivity contribution >= 4 is 5.97 Å². The Morgan fingerprint density at radius 2 is 2.14 bits per heavy atom. The van der Waals surface area contributed by atoms with Gasteiger partial charge in [-0.3, -0.25) is 4.68 Å². The Balaban J connectivity index is 0.000000791. The van der Waals surface area contributed by atoms with Gasteiger partial charge >= 0.3 is 5.97 Å². The summed E-state index contributed by atoms with van der Waals surface area (Å²) < 4.78 is 6.34. The molecule has 1 aromatic heterocycles. The molecule has 1 heterocycles. The van der Waals surface area contributed by atoms with Gasteiger partial charge in [0.05, 0.1) is 12.3 Å². The third-order valence-electron chi connectivity index (χ3n) is 1.49. The minimum absolute atomic E-state index is 0.319. The summed E-state index contributed by atoms with van der Waals surface area (Å²) in [5.74, 6) is -0.319. The highest BCUT2D eigenvalue weighted by atomic mass is 16.5. The molecule has 80 valence electrons. The Kier molecular flexibility index (Phi) is 5.60. The number of nitrogens with zero attached hydrogens (tertiary/aromatic N) is 2. The van der Waals surface area contributed by atoms with E-state index in [1.54, 1.807) is 20.0 Å². The minimum atomic E-state index is -0.319. The molecule has 0 saturated carbocycles. The first-order chi connectivity index (χ1) is 6.65. The topological polar surface area (TPSA) is 44.1 Å². The summed E-state index contributed by atoms with van der Waals surface area (Å²) in [6.07, 6.45) is 0. The Labute approximate surface area is 84.9 Å². The molecule has 1 rings (SSSR count). The van der Waals surface area contributed by atoms with Gasteiger partial charge in [-0.1, -0.05) is 13.8 Å². The second kappa shape index (κ2) is 6.18. The van der Waals surface area contributed by atoms with Crippen LogP contribution in [0, 0.1) is 6.92 Å². The van der Waals surface area contributed by atoms with E-state index in [0.29, 0.717) is 12.3 Å². The Hall–Kier alpha value is -1.32. The van der Waals surface area contributed by atoms with Crippen LogP contribution in [0.25, 0.3) is 0 Å². The lowest BCUT2D eigenvalue weighted by Crippen LogP contribution is -2.10. The fourth-order valence-corrected chi connectivity index (χ4v) is 1.01. The van der Waals surface area contributed by atoms with Crippen molar-refractivity contribution in [3.05, 3.63) is 17.5 Å². The van der Waals surface area contributed by atoms with Gasteiger partial charge in [-0.15, -0.1) is 0 Å². The molecule has 14 heavy (non-hydrogen) atoms. The van der Waals surface area contributed by atoms with E-state index in [0.717, 1.165) is 5.69 Å².